The second-order valence-corrected chi connectivity index (χ2v) is 25.9. The lowest BCUT2D eigenvalue weighted by molar-refractivity contribution is -0.336. The summed E-state index contributed by atoms with van der Waals surface area (Å²) in [6.07, 6.45) is -14.8. The minimum absolute atomic E-state index is 0.0121. The first-order valence-electron chi connectivity index (χ1n) is 27.8. The number of ether oxygens (including phenoxy) is 12. The van der Waals surface area contributed by atoms with Gasteiger partial charge < -0.3 is 92.8 Å². The second kappa shape index (κ2) is 32.0. The van der Waals surface area contributed by atoms with Gasteiger partial charge in [-0.05, 0) is 81.5 Å². The molecule has 26 nitrogen and oxygen atoms in total. The largest absolute Gasteiger partial charge is 0.492 e. The number of carboxylic acids is 1. The number of benzene rings is 1. The summed E-state index contributed by atoms with van der Waals surface area (Å²) in [5.74, 6) is 9.69. The van der Waals surface area contributed by atoms with Gasteiger partial charge in [0.2, 0.25) is 17.2 Å². The molecular weight excluding hydrogens is 1320 g/mol. The number of carbonyl (C=O) groups is 4. The van der Waals surface area contributed by atoms with Crippen molar-refractivity contribution in [1.82, 2.24) is 16.1 Å². The van der Waals surface area contributed by atoms with Crippen LogP contribution in [0.5, 0.6) is 17.2 Å². The van der Waals surface area contributed by atoms with Crippen LogP contribution >= 0.6 is 55.9 Å². The van der Waals surface area contributed by atoms with Gasteiger partial charge in [0.15, 0.2) is 41.8 Å². The number of amides is 1. The van der Waals surface area contributed by atoms with E-state index in [0.29, 0.717) is 15.7 Å². The zero-order chi connectivity index (χ0) is 63.6. The van der Waals surface area contributed by atoms with Crippen molar-refractivity contribution in [2.75, 3.05) is 54.5 Å². The van der Waals surface area contributed by atoms with E-state index in [1.807, 2.05) is 29.5 Å². The van der Waals surface area contributed by atoms with E-state index >= 15 is 0 Å². The summed E-state index contributed by atoms with van der Waals surface area (Å²) in [4.78, 5) is 59.3. The van der Waals surface area contributed by atoms with Gasteiger partial charge >= 0.3 is 12.1 Å². The molecule has 1 amide bonds. The van der Waals surface area contributed by atoms with Gasteiger partial charge in [-0.1, -0.05) is 70.0 Å². The minimum Gasteiger partial charge on any atom is -0.492 e. The lowest BCUT2D eigenvalue weighted by Gasteiger charge is -2.46. The Kier molecular flexibility index (Phi) is 25.9. The third kappa shape index (κ3) is 16.5. The normalized spacial score (nSPS) is 35.4. The topological polar surface area (TPSA) is 346 Å². The predicted octanol–water partition coefficient (Wildman–Crippen LogP) is 2.39. The number of hydrogen-bond acceptors (Lipinski definition) is 27. The van der Waals surface area contributed by atoms with E-state index in [4.69, 9.17) is 61.7 Å². The number of Topliss-reactive ketones (excluding diaryl/α,β-unsaturated/α-hetero) is 1. The molecule has 1 aromatic carbocycles. The van der Waals surface area contributed by atoms with Crippen LogP contribution in [0.3, 0.4) is 0 Å². The van der Waals surface area contributed by atoms with Crippen molar-refractivity contribution in [3.63, 3.8) is 0 Å². The number of thioether (sulfide) groups is 1. The highest BCUT2D eigenvalue weighted by molar-refractivity contribution is 14.1. The van der Waals surface area contributed by atoms with Crippen LogP contribution in [0.4, 0.5) is 4.79 Å². The third-order valence-corrected chi connectivity index (χ3v) is 20.5. The molecule has 0 radical (unpaired) electrons. The summed E-state index contributed by atoms with van der Waals surface area (Å²) in [6.45, 7) is 10.8. The quantitative estimate of drug-likeness (QED) is 0.0250. The summed E-state index contributed by atoms with van der Waals surface area (Å²) >= 11 is 2.80. The number of halogens is 1. The van der Waals surface area contributed by atoms with E-state index in [1.54, 1.807) is 40.9 Å². The number of allylic oxidation sites excluding steroid dienone is 3. The van der Waals surface area contributed by atoms with Gasteiger partial charge in [0, 0.05) is 44.0 Å². The molecule has 9 N–H and O–H groups in total. The Balaban J connectivity index is 1.13. The number of aliphatic carboxylic acids is 1. The van der Waals surface area contributed by atoms with E-state index in [1.165, 1.54) is 40.4 Å². The fourth-order valence-electron chi connectivity index (χ4n) is 10.6. The Labute approximate surface area is 529 Å². The Morgan fingerprint density at radius 3 is 2.25 bits per heavy atom. The van der Waals surface area contributed by atoms with E-state index in [2.05, 4.69) is 39.8 Å². The Morgan fingerprint density at radius 2 is 1.60 bits per heavy atom. The average Bonchev–Trinajstić information content (AvgIpc) is 1.21. The van der Waals surface area contributed by atoms with Gasteiger partial charge in [-0.2, -0.15) is 5.48 Å². The first-order chi connectivity index (χ1) is 41.4. The summed E-state index contributed by atoms with van der Waals surface area (Å²) in [7, 11) is 8.90. The molecule has 2 bridgehead atoms. The third-order valence-electron chi connectivity index (χ3n) is 15.2. The lowest BCUT2D eigenvalue weighted by Crippen LogP contribution is -2.65. The lowest BCUT2D eigenvalue weighted by atomic mass is 9.75. The molecule has 0 spiro atoms. The molecule has 4 fully saturated rings. The molecule has 87 heavy (non-hydrogen) atoms. The zero-order valence-corrected chi connectivity index (χ0v) is 54.3. The summed E-state index contributed by atoms with van der Waals surface area (Å²) in [5, 5.41) is 71.4. The highest BCUT2D eigenvalue weighted by Crippen LogP contribution is 2.49. The number of carbonyl (C=O) groups excluding carboxylic acids is 3. The van der Waals surface area contributed by atoms with E-state index in [-0.39, 0.29) is 70.9 Å². The zero-order valence-electron chi connectivity index (χ0n) is 49.7. The van der Waals surface area contributed by atoms with Crippen molar-refractivity contribution in [3.8, 4) is 40.9 Å². The number of aliphatic hydroxyl groups excluding tert-OH is 4. The molecule has 0 aromatic heterocycles. The van der Waals surface area contributed by atoms with Crippen molar-refractivity contribution < 1.29 is 111 Å². The van der Waals surface area contributed by atoms with Crippen LogP contribution in [0, 0.1) is 34.2 Å². The van der Waals surface area contributed by atoms with Gasteiger partial charge in [0.05, 0.1) is 97.0 Å². The van der Waals surface area contributed by atoms with Crippen LogP contribution in [-0.2, 0) is 57.1 Å². The minimum atomic E-state index is -2.18. The first kappa shape index (κ1) is 70.6. The summed E-state index contributed by atoms with van der Waals surface area (Å²) < 4.78 is 72.4. The predicted molar refractivity (Wildman–Crippen MR) is 323 cm³/mol. The molecule has 1 unspecified atom stereocenters. The fourth-order valence-corrected chi connectivity index (χ4v) is 14.3. The van der Waals surface area contributed by atoms with Crippen LogP contribution in [0.15, 0.2) is 35.1 Å². The Morgan fingerprint density at radius 1 is 0.885 bits per heavy atom. The second-order valence-electron chi connectivity index (χ2n) is 20.9. The monoisotopic (exact) mass is 1390 g/mol. The maximum atomic E-state index is 14.4. The number of alkyl carbamates (subject to hydrolysis) is 1. The smallest absolute Gasteiger partial charge is 0.411 e. The molecule has 1 aromatic rings. The summed E-state index contributed by atoms with van der Waals surface area (Å²) in [5.41, 5.74) is 0.780. The number of nitrogens with one attached hydrogen (secondary N) is 3. The fraction of sp³-hybridized carbons (Fsp3) is 0.649. The van der Waals surface area contributed by atoms with Crippen molar-refractivity contribution in [2.24, 2.45) is 0 Å². The van der Waals surface area contributed by atoms with Crippen molar-refractivity contribution in [2.45, 2.75) is 181 Å². The van der Waals surface area contributed by atoms with Gasteiger partial charge in [-0.3, -0.25) is 24.5 Å². The number of aliphatic hydroxyl groups is 5. The molecule has 2 aliphatic carbocycles. The maximum Gasteiger partial charge on any atom is 0.411 e. The number of rotatable bonds is 23. The van der Waals surface area contributed by atoms with Crippen LogP contribution in [0.1, 0.15) is 69.8 Å². The molecule has 30 heteroatoms. The van der Waals surface area contributed by atoms with Crippen LogP contribution in [0.25, 0.3) is 0 Å². The van der Waals surface area contributed by atoms with Crippen LogP contribution in [-0.4, -0.2) is 229 Å². The number of carboxylic acid groups (broad SMARTS) is 1. The Bertz CT molecular complexity index is 2850. The van der Waals surface area contributed by atoms with Crippen molar-refractivity contribution in [1.29, 1.82) is 0 Å². The highest BCUT2D eigenvalue weighted by Gasteiger charge is 2.52. The molecule has 20 atom stereocenters. The maximum absolute atomic E-state index is 14.4. The molecular formula is C57H76IN3O23S3. The highest BCUT2D eigenvalue weighted by atomic mass is 127. The first-order valence-corrected chi connectivity index (χ1v) is 32.2. The number of hydrogen-bond donors (Lipinski definition) is 9. The van der Waals surface area contributed by atoms with Gasteiger partial charge in [-0.15, -0.1) is 0 Å². The number of likely N-dealkylation sites (N-methyl/N-ethyl adjacent to an activating group) is 1. The number of methoxy groups -OCH3 is 5. The van der Waals surface area contributed by atoms with Gasteiger partial charge in [-0.25, -0.2) is 4.79 Å². The van der Waals surface area contributed by atoms with E-state index < -0.39 is 144 Å². The van der Waals surface area contributed by atoms with Crippen molar-refractivity contribution >= 4 is 78.9 Å². The SMILES string of the molecule is CCN[C@H]1CO[C@@H](O[C@H]2[C@H](O[C@H]3C#C/C=C/C#C[C@]4(O)CC(=O)C(NC(=O)OC)=C3/C4=C\CSSC(C)C(=O)O)O[C@H](C)[C@@H](NO[C@H]3C[C@H](O)[C@H](SC(=O)c4c(C)c(I)c(O[C@@H]5O[C@@H](C)[C@H](O)[C@@H](OC)[C@H]5O)c(OC)c4OC)[C@@H](C)O3)[C@@H]2O)C[C@@H]1OC. The van der Waals surface area contributed by atoms with E-state index in [9.17, 15) is 49.8 Å². The number of ketones is 1. The standard InChI is InChI=1S/C57H76IN3O23S3/c1-12-59-31-24-77-36(22-35(31)72-7)82-49-44(65)41(26(3)79-55(49)81-34-17-15-13-14-16-19-57(71)23-33(63)42(60-56(70)76-11)39(34)30(57)18-20-85-87-29(6)52(67)68)61-84-37-21-32(62)51(28(5)78-37)86-53(69)38-25(2)40(58)47(50(75-10)46(38)73-8)83-54-45(66)48(74-9)43(64)27(4)80-54/h13-14,18,26-29,31-32,34-37,41,43-45,48-49,51,54-55,59,61-62,64-66,71H,12,20-24H2,1-11H3,(H,60,70)(H,67,68)/b14-13+,30-18+/t26-,27+,28-,29?,31+,32+,34+,35+,36+,37+,41-,43+,44+,45-,48-,49-,51-,54+,55+,57+/m1/s1. The molecule has 6 aliphatic rings. The van der Waals surface area contributed by atoms with Crippen LogP contribution in [0.2, 0.25) is 0 Å². The van der Waals surface area contributed by atoms with Crippen LogP contribution < -0.4 is 30.3 Å². The summed E-state index contributed by atoms with van der Waals surface area (Å²) in [6, 6.07) is -1.34. The van der Waals surface area contributed by atoms with E-state index in [0.717, 1.165) is 40.5 Å². The number of fused-ring (bicyclic) bond motifs is 2. The average molecular weight is 1390 g/mol. The molecule has 7 rings (SSSR count). The molecule has 4 saturated heterocycles. The molecule has 4 aliphatic heterocycles. The Hall–Kier alpha value is -3.82. The molecule has 4 heterocycles. The van der Waals surface area contributed by atoms with Crippen molar-refractivity contribution in [3.05, 3.63) is 49.8 Å². The number of hydroxylamine groups is 1. The van der Waals surface area contributed by atoms with Gasteiger partial charge in [0.1, 0.15) is 41.9 Å². The van der Waals surface area contributed by atoms with Gasteiger partial charge in [0.25, 0.3) is 0 Å². The molecule has 482 valence electrons. The molecule has 0 saturated carbocycles.